The Morgan fingerprint density at radius 2 is 1.70 bits per heavy atom. The molecule has 3 rings (SSSR count). The van der Waals surface area contributed by atoms with Crippen molar-refractivity contribution in [1.82, 2.24) is 0 Å². The Morgan fingerprint density at radius 3 is 2.30 bits per heavy atom. The lowest BCUT2D eigenvalue weighted by atomic mass is 9.63. The molecule has 2 aromatic rings. The maximum Gasteiger partial charge on any atom is 0.185 e. The zero-order valence-electron chi connectivity index (χ0n) is 14.8. The Morgan fingerprint density at radius 1 is 1.04 bits per heavy atom. The van der Waals surface area contributed by atoms with Gasteiger partial charge in [-0.1, -0.05) is 45.9 Å². The second kappa shape index (κ2) is 5.36. The molecule has 0 amide bonds. The van der Waals surface area contributed by atoms with Gasteiger partial charge in [0.1, 0.15) is 5.76 Å². The lowest BCUT2D eigenvalue weighted by molar-refractivity contribution is 0.109. The van der Waals surface area contributed by atoms with E-state index in [0.29, 0.717) is 5.76 Å². The molecule has 0 saturated carbocycles. The lowest BCUT2D eigenvalue weighted by Gasteiger charge is -2.42. The number of aldehydes is 1. The van der Waals surface area contributed by atoms with Crippen LogP contribution in [0, 0.1) is 6.92 Å². The molecule has 0 radical (unpaired) electrons. The van der Waals surface area contributed by atoms with Gasteiger partial charge in [0.25, 0.3) is 0 Å². The summed E-state index contributed by atoms with van der Waals surface area (Å²) in [5.41, 5.74) is 5.81. The van der Waals surface area contributed by atoms with Crippen molar-refractivity contribution in [2.24, 2.45) is 0 Å². The van der Waals surface area contributed by atoms with Gasteiger partial charge in [-0.05, 0) is 58.9 Å². The quantitative estimate of drug-likeness (QED) is 0.716. The molecule has 122 valence electrons. The molecule has 2 heteroatoms. The molecular formula is C21H26O2. The zero-order valence-corrected chi connectivity index (χ0v) is 14.8. The Balaban J connectivity index is 1.99. The summed E-state index contributed by atoms with van der Waals surface area (Å²) in [5.74, 6) is 1.25. The molecule has 1 aliphatic rings. The van der Waals surface area contributed by atoms with Crippen molar-refractivity contribution in [3.05, 3.63) is 58.0 Å². The van der Waals surface area contributed by atoms with Crippen LogP contribution in [0.3, 0.4) is 0 Å². The minimum atomic E-state index is 0.222. The van der Waals surface area contributed by atoms with Crippen LogP contribution in [-0.4, -0.2) is 6.29 Å². The summed E-state index contributed by atoms with van der Waals surface area (Å²) >= 11 is 0. The predicted molar refractivity (Wildman–Crippen MR) is 93.4 cm³/mol. The molecule has 0 fully saturated rings. The van der Waals surface area contributed by atoms with Crippen LogP contribution in [0.25, 0.3) is 0 Å². The summed E-state index contributed by atoms with van der Waals surface area (Å²) in [6.45, 7) is 11.3. The van der Waals surface area contributed by atoms with E-state index in [1.165, 1.54) is 29.5 Å². The third kappa shape index (κ3) is 2.87. The van der Waals surface area contributed by atoms with Crippen molar-refractivity contribution in [3.8, 4) is 0 Å². The van der Waals surface area contributed by atoms with E-state index in [1.54, 1.807) is 0 Å². The first-order chi connectivity index (χ1) is 10.7. The maximum atomic E-state index is 10.9. The Hall–Kier alpha value is -1.83. The SMILES string of the molecule is Cc1oc(C=O)cc1Cc1ccc2c(c1)C(C)(C)CCC2(C)C. The third-order valence-corrected chi connectivity index (χ3v) is 5.47. The minimum absolute atomic E-state index is 0.222. The topological polar surface area (TPSA) is 30.2 Å². The molecule has 2 nitrogen and oxygen atoms in total. The molecule has 1 aromatic heterocycles. The first-order valence-corrected chi connectivity index (χ1v) is 8.41. The van der Waals surface area contributed by atoms with Crippen molar-refractivity contribution in [3.63, 3.8) is 0 Å². The van der Waals surface area contributed by atoms with Crippen LogP contribution < -0.4 is 0 Å². The van der Waals surface area contributed by atoms with Crippen molar-refractivity contribution < 1.29 is 9.21 Å². The zero-order chi connectivity index (χ0) is 16.8. The van der Waals surface area contributed by atoms with E-state index in [2.05, 4.69) is 45.9 Å². The standard InChI is InChI=1S/C21H26O2/c1-14-16(12-17(13-22)23-14)10-15-6-7-18-19(11-15)21(4,5)9-8-20(18,2)3/h6-7,11-13H,8-10H2,1-5H3. The normalized spacial score (nSPS) is 18.5. The average Bonchev–Trinajstić information content (AvgIpc) is 2.84. The molecule has 0 aliphatic heterocycles. The summed E-state index contributed by atoms with van der Waals surface area (Å²) in [7, 11) is 0. The number of benzene rings is 1. The van der Waals surface area contributed by atoms with Crippen molar-refractivity contribution in [2.45, 2.75) is 64.7 Å². The number of hydrogen-bond acceptors (Lipinski definition) is 2. The Labute approximate surface area is 138 Å². The van der Waals surface area contributed by atoms with E-state index >= 15 is 0 Å². The van der Waals surface area contributed by atoms with Crippen LogP contribution in [0.1, 0.15) is 79.1 Å². The molecule has 0 spiro atoms. The number of carbonyl (C=O) groups is 1. The predicted octanol–water partition coefficient (Wildman–Crippen LogP) is 5.34. The summed E-state index contributed by atoms with van der Waals surface area (Å²) in [4.78, 5) is 10.9. The van der Waals surface area contributed by atoms with Crippen LogP contribution >= 0.6 is 0 Å². The highest BCUT2D eigenvalue weighted by Gasteiger charge is 2.36. The molecule has 1 aliphatic carbocycles. The molecule has 1 aromatic carbocycles. The maximum absolute atomic E-state index is 10.9. The van der Waals surface area contributed by atoms with E-state index in [1.807, 2.05) is 13.0 Å². The molecule has 0 saturated heterocycles. The van der Waals surface area contributed by atoms with Gasteiger partial charge in [-0.3, -0.25) is 4.79 Å². The van der Waals surface area contributed by atoms with Gasteiger partial charge in [0.05, 0.1) is 0 Å². The number of furan rings is 1. The van der Waals surface area contributed by atoms with E-state index < -0.39 is 0 Å². The highest BCUT2D eigenvalue weighted by Crippen LogP contribution is 2.46. The Kier molecular flexibility index (Phi) is 3.74. The van der Waals surface area contributed by atoms with Crippen molar-refractivity contribution >= 4 is 6.29 Å². The van der Waals surface area contributed by atoms with Gasteiger partial charge in [0, 0.05) is 6.42 Å². The molecule has 0 unspecified atom stereocenters. The molecule has 23 heavy (non-hydrogen) atoms. The summed E-state index contributed by atoms with van der Waals surface area (Å²) in [6, 6.07) is 8.76. The smallest absolute Gasteiger partial charge is 0.185 e. The van der Waals surface area contributed by atoms with Crippen LogP contribution in [0.15, 0.2) is 28.7 Å². The molecular weight excluding hydrogens is 284 g/mol. The fourth-order valence-electron chi connectivity index (χ4n) is 3.74. The second-order valence-electron chi connectivity index (χ2n) is 8.17. The van der Waals surface area contributed by atoms with Crippen LogP contribution in [0.5, 0.6) is 0 Å². The highest BCUT2D eigenvalue weighted by molar-refractivity contribution is 5.71. The van der Waals surface area contributed by atoms with E-state index in [0.717, 1.165) is 24.0 Å². The van der Waals surface area contributed by atoms with E-state index in [4.69, 9.17) is 4.42 Å². The van der Waals surface area contributed by atoms with Gasteiger partial charge in [0.15, 0.2) is 12.0 Å². The third-order valence-electron chi connectivity index (χ3n) is 5.47. The summed E-state index contributed by atoms with van der Waals surface area (Å²) in [6.07, 6.45) is 4.04. The molecule has 1 heterocycles. The largest absolute Gasteiger partial charge is 0.458 e. The first kappa shape index (κ1) is 16.0. The van der Waals surface area contributed by atoms with Crippen LogP contribution in [0.4, 0.5) is 0 Å². The lowest BCUT2D eigenvalue weighted by Crippen LogP contribution is -2.33. The number of carbonyl (C=O) groups excluding carboxylic acids is 1. The van der Waals surface area contributed by atoms with E-state index in [9.17, 15) is 4.79 Å². The highest BCUT2D eigenvalue weighted by atomic mass is 16.3. The van der Waals surface area contributed by atoms with Gasteiger partial charge in [0.2, 0.25) is 0 Å². The first-order valence-electron chi connectivity index (χ1n) is 8.41. The van der Waals surface area contributed by atoms with Gasteiger partial charge in [-0.15, -0.1) is 0 Å². The van der Waals surface area contributed by atoms with Crippen molar-refractivity contribution in [1.29, 1.82) is 0 Å². The van der Waals surface area contributed by atoms with Gasteiger partial charge < -0.3 is 4.42 Å². The fraction of sp³-hybridized carbons (Fsp3) is 0.476. The monoisotopic (exact) mass is 310 g/mol. The van der Waals surface area contributed by atoms with Crippen LogP contribution in [0.2, 0.25) is 0 Å². The number of rotatable bonds is 3. The van der Waals surface area contributed by atoms with Gasteiger partial charge in [-0.2, -0.15) is 0 Å². The van der Waals surface area contributed by atoms with Gasteiger partial charge >= 0.3 is 0 Å². The minimum Gasteiger partial charge on any atom is -0.458 e. The molecule has 0 N–H and O–H groups in total. The second-order valence-corrected chi connectivity index (χ2v) is 8.17. The average molecular weight is 310 g/mol. The van der Waals surface area contributed by atoms with Crippen molar-refractivity contribution in [2.75, 3.05) is 0 Å². The summed E-state index contributed by atoms with van der Waals surface area (Å²) in [5, 5.41) is 0. The van der Waals surface area contributed by atoms with Gasteiger partial charge in [-0.25, -0.2) is 0 Å². The Bertz CT molecular complexity index is 747. The fourth-order valence-corrected chi connectivity index (χ4v) is 3.74. The summed E-state index contributed by atoms with van der Waals surface area (Å²) < 4.78 is 5.45. The molecule has 0 atom stereocenters. The number of fused-ring (bicyclic) bond motifs is 1. The van der Waals surface area contributed by atoms with E-state index in [-0.39, 0.29) is 10.8 Å². The number of aryl methyl sites for hydroxylation is 1. The molecule has 0 bridgehead atoms. The van der Waals surface area contributed by atoms with Crippen LogP contribution in [-0.2, 0) is 17.3 Å². The number of hydrogen-bond donors (Lipinski definition) is 0.